The van der Waals surface area contributed by atoms with Crippen molar-refractivity contribution in [1.29, 1.82) is 0 Å². The predicted molar refractivity (Wildman–Crippen MR) is 350 cm³/mol. The third kappa shape index (κ3) is 22.1. The molecule has 4 heterocycles. The highest BCUT2D eigenvalue weighted by atomic mass is 35.5. The second-order valence-electron chi connectivity index (χ2n) is 19.1. The first kappa shape index (κ1) is 69.3. The summed E-state index contributed by atoms with van der Waals surface area (Å²) in [6, 6.07) is 44.6. The molecule has 438 valence electrons. The summed E-state index contributed by atoms with van der Waals surface area (Å²) in [6.07, 6.45) is 2.31. The van der Waals surface area contributed by atoms with E-state index in [1.54, 1.807) is 64.4 Å². The summed E-state index contributed by atoms with van der Waals surface area (Å²) in [4.78, 5) is 69.6. The van der Waals surface area contributed by atoms with Crippen molar-refractivity contribution in [3.8, 4) is 22.6 Å². The van der Waals surface area contributed by atoms with E-state index < -0.39 is 17.9 Å². The van der Waals surface area contributed by atoms with Crippen LogP contribution in [0.5, 0.6) is 0 Å². The van der Waals surface area contributed by atoms with Gasteiger partial charge in [0.1, 0.15) is 31.8 Å². The van der Waals surface area contributed by atoms with Gasteiger partial charge >= 0.3 is 17.9 Å². The first-order valence-electron chi connectivity index (χ1n) is 25.8. The van der Waals surface area contributed by atoms with Crippen LogP contribution < -0.4 is 5.73 Å². The number of hydrogen-bond donors (Lipinski definition) is 4. The fourth-order valence-corrected chi connectivity index (χ4v) is 9.73. The van der Waals surface area contributed by atoms with Gasteiger partial charge in [-0.1, -0.05) is 187 Å². The van der Waals surface area contributed by atoms with Gasteiger partial charge in [0, 0.05) is 28.1 Å². The largest absolute Gasteiger partial charge is 0.480 e. The van der Waals surface area contributed by atoms with Gasteiger partial charge < -0.3 is 29.9 Å². The van der Waals surface area contributed by atoms with E-state index in [0.717, 1.165) is 22.3 Å². The van der Waals surface area contributed by atoms with E-state index in [0.29, 0.717) is 80.3 Å². The Hall–Kier alpha value is -7.23. The number of benzene rings is 5. The summed E-state index contributed by atoms with van der Waals surface area (Å²) in [5.74, 6) is 0.746. The molecule has 0 atom stereocenters. The Labute approximate surface area is 523 Å². The highest BCUT2D eigenvalue weighted by Gasteiger charge is 2.32. The maximum atomic E-state index is 12.9. The van der Waals surface area contributed by atoms with Crippen molar-refractivity contribution >= 4 is 139 Å². The normalized spacial score (nSPS) is 12.9. The van der Waals surface area contributed by atoms with Crippen LogP contribution in [0.25, 0.3) is 28.7 Å². The standard InChI is InChI=1S/C25H21NO4S2.C13H15NOS2.C12H8O4.C10H15N.C2H3ClO2.CS2/c1-15(2)17-5-3-16(4-6-17)14-26-23(27)22(32-25(26)31)13-20-11-12-21(30-20)18-7-9-19(10-8-18)24(28)29;1-9(2)11-5-3-10(4-6-11)7-14-12(15)8-17-13(14)16;13-7-10-5-6-11(16-10)8-1-3-9(4-2-8)12(14)15;1-8(2)10-5-3-9(7-11)4-6-10;3-1-2(4)5;2-1-3/h3-13,15H,14H2,1-2H3,(H,28,29);3-6,9H,7-8H2,1-2H3;1-7H,(H,14,15);3-6,8H,7,11H2,1-2H3;1H2,(H,4,5);/b22-13-;;;;;. The summed E-state index contributed by atoms with van der Waals surface area (Å²) < 4.78 is 14.2. The van der Waals surface area contributed by atoms with Gasteiger partial charge in [-0.3, -0.25) is 29.0 Å². The molecule has 0 bridgehead atoms. The Morgan fingerprint density at radius 1 is 0.607 bits per heavy atom. The number of halogens is 1. The average Bonchev–Trinajstić information content (AvgIpc) is 4.19. The average molecular weight is 1270 g/mol. The summed E-state index contributed by atoms with van der Waals surface area (Å²) in [7, 11) is 0. The maximum absolute atomic E-state index is 12.9. The van der Waals surface area contributed by atoms with Crippen molar-refractivity contribution in [2.24, 2.45) is 5.73 Å². The molecule has 2 aromatic heterocycles. The summed E-state index contributed by atoms with van der Waals surface area (Å²) in [5.41, 5.74) is 14.7. The van der Waals surface area contributed by atoms with Gasteiger partial charge in [0.2, 0.25) is 5.91 Å². The Kier molecular flexibility index (Phi) is 29.0. The minimum atomic E-state index is -0.980. The van der Waals surface area contributed by atoms with Crippen molar-refractivity contribution in [3.63, 3.8) is 0 Å². The van der Waals surface area contributed by atoms with Crippen LogP contribution in [0, 0.1) is 0 Å². The predicted octanol–water partition coefficient (Wildman–Crippen LogP) is 15.4. The summed E-state index contributed by atoms with van der Waals surface area (Å²) in [5, 5.41) is 25.3. The lowest BCUT2D eigenvalue weighted by molar-refractivity contribution is -0.134. The monoisotopic (exact) mass is 1260 g/mol. The van der Waals surface area contributed by atoms with Gasteiger partial charge in [0.05, 0.1) is 34.9 Å². The number of nitrogens with two attached hydrogens (primary N) is 1. The van der Waals surface area contributed by atoms with Gasteiger partial charge in [0.15, 0.2) is 12.0 Å². The van der Waals surface area contributed by atoms with Crippen molar-refractivity contribution in [1.82, 2.24) is 9.80 Å². The number of carbonyl (C=O) groups excluding carboxylic acids is 3. The molecule has 5 N–H and O–H groups in total. The number of hydrogen-bond acceptors (Lipinski definition) is 15. The maximum Gasteiger partial charge on any atom is 0.335 e. The Balaban J connectivity index is 0.000000247. The minimum Gasteiger partial charge on any atom is -0.480 e. The highest BCUT2D eigenvalue weighted by molar-refractivity contribution is 8.26. The van der Waals surface area contributed by atoms with Crippen LogP contribution in [0.2, 0.25) is 0 Å². The zero-order valence-corrected chi connectivity index (χ0v) is 52.3. The van der Waals surface area contributed by atoms with E-state index in [4.69, 9.17) is 65.9 Å². The van der Waals surface area contributed by atoms with E-state index in [1.165, 1.54) is 70.0 Å². The number of furan rings is 2. The zero-order chi connectivity index (χ0) is 62.0. The highest BCUT2D eigenvalue weighted by Crippen LogP contribution is 2.35. The number of carboxylic acid groups (broad SMARTS) is 3. The molecular formula is C63H62ClN3O11S6. The van der Waals surface area contributed by atoms with Gasteiger partial charge in [-0.25, -0.2) is 9.59 Å². The molecule has 2 aliphatic rings. The van der Waals surface area contributed by atoms with E-state index in [2.05, 4.69) is 127 Å². The fourth-order valence-electron chi connectivity index (χ4n) is 7.43. The Morgan fingerprint density at radius 2 is 0.988 bits per heavy atom. The molecule has 2 aliphatic heterocycles. The first-order chi connectivity index (χ1) is 40.0. The number of carboxylic acids is 3. The van der Waals surface area contributed by atoms with Crippen molar-refractivity contribution < 1.29 is 52.9 Å². The van der Waals surface area contributed by atoms with Crippen molar-refractivity contribution in [2.45, 2.75) is 78.9 Å². The number of amides is 2. The number of thioether (sulfide) groups is 2. The van der Waals surface area contributed by atoms with Gasteiger partial charge in [-0.05, 0) is 124 Å². The topological polar surface area (TPSA) is 222 Å². The van der Waals surface area contributed by atoms with Crippen LogP contribution in [0.15, 0.2) is 159 Å². The van der Waals surface area contributed by atoms with Crippen LogP contribution in [-0.2, 0) is 34.0 Å². The number of rotatable bonds is 15. The number of thiocarbonyl (C=S) groups is 4. The smallest absolute Gasteiger partial charge is 0.335 e. The number of nitrogens with zero attached hydrogens (tertiary/aromatic N) is 2. The molecule has 84 heavy (non-hydrogen) atoms. The van der Waals surface area contributed by atoms with E-state index in [9.17, 15) is 28.8 Å². The third-order valence-electron chi connectivity index (χ3n) is 12.2. The van der Waals surface area contributed by atoms with Crippen LogP contribution in [0.3, 0.4) is 0 Å². The van der Waals surface area contributed by atoms with E-state index in [-0.39, 0.29) is 34.6 Å². The molecule has 2 saturated heterocycles. The molecule has 0 unspecified atom stereocenters. The second-order valence-corrected chi connectivity index (χ2v) is 23.3. The lowest BCUT2D eigenvalue weighted by atomic mass is 10.0. The summed E-state index contributed by atoms with van der Waals surface area (Å²) in [6.45, 7) is 14.7. The van der Waals surface area contributed by atoms with Gasteiger partial charge in [0.25, 0.3) is 5.91 Å². The molecule has 0 spiro atoms. The molecule has 9 rings (SSSR count). The van der Waals surface area contributed by atoms with Gasteiger partial charge in [-0.15, -0.1) is 11.6 Å². The van der Waals surface area contributed by atoms with Crippen LogP contribution >= 0.6 is 84.0 Å². The SMILES string of the molecule is CC(C)c1ccc(CN)cc1.CC(C)c1ccc(CN2C(=O)/C(=C/c3ccc(-c4ccc(C(=O)O)cc4)o3)SC2=S)cc1.CC(C)c1ccc(CN2C(=O)CSC2=S)cc1.O=C(O)CCl.O=Cc1ccc(-c2ccc(C(=O)O)cc2)o1.S=C=S. The fraction of sp³-hybridized carbons (Fsp3) is 0.222. The molecule has 2 fully saturated rings. The molecule has 0 saturated carbocycles. The van der Waals surface area contributed by atoms with Crippen molar-refractivity contribution in [3.05, 3.63) is 207 Å². The van der Waals surface area contributed by atoms with E-state index in [1.807, 2.05) is 16.4 Å². The van der Waals surface area contributed by atoms with Crippen LogP contribution in [0.4, 0.5) is 0 Å². The molecule has 0 radical (unpaired) electrons. The second kappa shape index (κ2) is 35.2. The molecule has 21 heteroatoms. The number of carbonyl (C=O) groups is 6. The third-order valence-corrected chi connectivity index (χ3v) is 15.2. The molecular weight excluding hydrogens is 1200 g/mol. The molecule has 14 nitrogen and oxygen atoms in total. The van der Waals surface area contributed by atoms with E-state index >= 15 is 0 Å². The van der Waals surface area contributed by atoms with Crippen LogP contribution in [0.1, 0.15) is 130 Å². The minimum absolute atomic E-state index is 0.118. The first-order valence-corrected chi connectivity index (χ1v) is 29.8. The van der Waals surface area contributed by atoms with Crippen LogP contribution in [-0.4, -0.2) is 85.7 Å². The Morgan fingerprint density at radius 3 is 1.32 bits per heavy atom. The number of aromatic carboxylic acids is 2. The lowest BCUT2D eigenvalue weighted by Gasteiger charge is -2.15. The quantitative estimate of drug-likeness (QED) is 0.0324. The summed E-state index contributed by atoms with van der Waals surface area (Å²) >= 11 is 26.0. The Bertz CT molecular complexity index is 3410. The molecule has 2 amide bonds. The number of aliphatic carboxylic acids is 1. The van der Waals surface area contributed by atoms with Crippen molar-refractivity contribution in [2.75, 3.05) is 11.6 Å². The zero-order valence-electron chi connectivity index (χ0n) is 46.7. The molecule has 5 aromatic carbocycles. The number of alkyl halides is 1. The number of aldehydes is 1. The molecule has 0 aliphatic carbocycles. The molecule has 7 aromatic rings. The lowest BCUT2D eigenvalue weighted by Crippen LogP contribution is -2.27. The van der Waals surface area contributed by atoms with Gasteiger partial charge in [-0.2, -0.15) is 0 Å².